The van der Waals surface area contributed by atoms with E-state index in [1.807, 2.05) is 65.6 Å². The number of methoxy groups -OCH3 is 1. The van der Waals surface area contributed by atoms with Gasteiger partial charge in [0.25, 0.3) is 5.91 Å². The first-order valence-corrected chi connectivity index (χ1v) is 15.0. The maximum Gasteiger partial charge on any atom is 0.254 e. The molecule has 0 radical (unpaired) electrons. The van der Waals surface area contributed by atoms with Crippen molar-refractivity contribution in [2.45, 2.75) is 72.4 Å². The topological polar surface area (TPSA) is 42.0 Å². The summed E-state index contributed by atoms with van der Waals surface area (Å²) in [5.74, 6) is 1.44. The number of amides is 1. The number of hydrogen-bond donors (Lipinski definition) is 0. The van der Waals surface area contributed by atoms with Crippen LogP contribution in [0.25, 0.3) is 0 Å². The third-order valence-electron chi connectivity index (χ3n) is 7.21. The molecule has 0 fully saturated rings. The molecule has 3 aromatic rings. The lowest BCUT2D eigenvalue weighted by Gasteiger charge is -2.28. The Kier molecular flexibility index (Phi) is 13.6. The van der Waals surface area contributed by atoms with Crippen LogP contribution in [-0.2, 0) is 19.6 Å². The van der Waals surface area contributed by atoms with E-state index in [0.29, 0.717) is 31.2 Å². The Morgan fingerprint density at radius 1 is 0.700 bits per heavy atom. The Morgan fingerprint density at radius 3 is 2.00 bits per heavy atom. The first-order chi connectivity index (χ1) is 19.6. The van der Waals surface area contributed by atoms with E-state index in [1.165, 1.54) is 31.2 Å². The lowest BCUT2D eigenvalue weighted by Crippen LogP contribution is -2.39. The first kappa shape index (κ1) is 31.2. The number of carbonyl (C=O) groups is 1. The normalized spacial score (nSPS) is 11.0. The van der Waals surface area contributed by atoms with Crippen LogP contribution in [0.15, 0.2) is 72.8 Å². The monoisotopic (exact) mass is 544 g/mol. The molecule has 0 aliphatic rings. The van der Waals surface area contributed by atoms with E-state index in [2.05, 4.69) is 37.8 Å². The van der Waals surface area contributed by atoms with Gasteiger partial charge in [-0.05, 0) is 73.3 Å². The van der Waals surface area contributed by atoms with Gasteiger partial charge in [-0.3, -0.25) is 4.79 Å². The third-order valence-corrected chi connectivity index (χ3v) is 7.21. The Morgan fingerprint density at radius 2 is 1.38 bits per heavy atom. The number of unbranched alkanes of at least 4 members (excludes halogenated alkanes) is 2. The van der Waals surface area contributed by atoms with Gasteiger partial charge in [-0.15, -0.1) is 0 Å². The van der Waals surface area contributed by atoms with Gasteiger partial charge in [-0.2, -0.15) is 0 Å². The largest absolute Gasteiger partial charge is 0.493 e. The maximum atomic E-state index is 13.8. The highest BCUT2D eigenvalue weighted by Gasteiger charge is 2.19. The molecule has 5 heteroatoms. The summed E-state index contributed by atoms with van der Waals surface area (Å²) in [4.78, 5) is 18.3. The summed E-state index contributed by atoms with van der Waals surface area (Å²) in [5, 5.41) is 0. The molecule has 0 saturated carbocycles. The second-order valence-electron chi connectivity index (χ2n) is 10.5. The molecular weight excluding hydrogens is 496 g/mol. The standard InChI is InChI=1S/C35H48N2O3/c1-5-8-22-36(23-9-6-2)24-25-37(35(38)32-19-16-29(13-7-3)17-20-32)27-31-18-21-33(39-4)34(26-31)40-28-30-14-11-10-12-15-30/h10-12,14-21,26H,5-9,13,22-25,27-28H2,1-4H3. The molecule has 3 rings (SSSR count). The van der Waals surface area contributed by atoms with Crippen LogP contribution in [0.5, 0.6) is 11.5 Å². The van der Waals surface area contributed by atoms with Gasteiger partial charge in [0.15, 0.2) is 11.5 Å². The summed E-state index contributed by atoms with van der Waals surface area (Å²) in [6, 6.07) is 24.2. The van der Waals surface area contributed by atoms with Crippen molar-refractivity contribution in [3.63, 3.8) is 0 Å². The van der Waals surface area contributed by atoms with Crippen molar-refractivity contribution in [1.29, 1.82) is 0 Å². The lowest BCUT2D eigenvalue weighted by molar-refractivity contribution is 0.0720. The SMILES string of the molecule is CCCCN(CCCC)CCN(Cc1ccc(OC)c(OCc2ccccc2)c1)C(=O)c1ccc(CCC)cc1. The number of benzene rings is 3. The summed E-state index contributed by atoms with van der Waals surface area (Å²) < 4.78 is 11.8. The molecule has 0 spiro atoms. The maximum absolute atomic E-state index is 13.8. The van der Waals surface area contributed by atoms with Crippen molar-refractivity contribution in [1.82, 2.24) is 9.80 Å². The molecule has 0 N–H and O–H groups in total. The van der Waals surface area contributed by atoms with Crippen molar-refractivity contribution in [3.8, 4) is 11.5 Å². The zero-order chi connectivity index (χ0) is 28.6. The van der Waals surface area contributed by atoms with Crippen molar-refractivity contribution in [2.75, 3.05) is 33.3 Å². The van der Waals surface area contributed by atoms with Crippen molar-refractivity contribution in [3.05, 3.63) is 95.1 Å². The predicted molar refractivity (Wildman–Crippen MR) is 165 cm³/mol. The number of carbonyl (C=O) groups excluding carboxylic acids is 1. The van der Waals surface area contributed by atoms with E-state index in [4.69, 9.17) is 9.47 Å². The van der Waals surface area contributed by atoms with Crippen LogP contribution >= 0.6 is 0 Å². The fourth-order valence-electron chi connectivity index (χ4n) is 4.79. The lowest BCUT2D eigenvalue weighted by atomic mass is 10.1. The van der Waals surface area contributed by atoms with Crippen LogP contribution < -0.4 is 9.47 Å². The van der Waals surface area contributed by atoms with Crippen molar-refractivity contribution in [2.24, 2.45) is 0 Å². The van der Waals surface area contributed by atoms with Gasteiger partial charge in [-0.1, -0.05) is 88.6 Å². The minimum atomic E-state index is 0.0663. The Balaban J connectivity index is 1.81. The van der Waals surface area contributed by atoms with E-state index in [9.17, 15) is 4.79 Å². The van der Waals surface area contributed by atoms with Gasteiger partial charge in [0.2, 0.25) is 0 Å². The molecule has 0 bridgehead atoms. The van der Waals surface area contributed by atoms with E-state index in [-0.39, 0.29) is 5.91 Å². The number of rotatable bonds is 18. The number of hydrogen-bond acceptors (Lipinski definition) is 4. The quantitative estimate of drug-likeness (QED) is 0.164. The molecule has 0 aliphatic heterocycles. The van der Waals surface area contributed by atoms with Crippen LogP contribution in [0.3, 0.4) is 0 Å². The molecule has 0 heterocycles. The second kappa shape index (κ2) is 17.4. The molecule has 0 saturated heterocycles. The highest BCUT2D eigenvalue weighted by atomic mass is 16.5. The van der Waals surface area contributed by atoms with E-state index < -0.39 is 0 Å². The zero-order valence-electron chi connectivity index (χ0n) is 25.0. The van der Waals surface area contributed by atoms with Gasteiger partial charge in [0.1, 0.15) is 6.61 Å². The van der Waals surface area contributed by atoms with Gasteiger partial charge < -0.3 is 19.3 Å². The summed E-state index contributed by atoms with van der Waals surface area (Å²) in [7, 11) is 1.66. The van der Waals surface area contributed by atoms with Crippen LogP contribution in [-0.4, -0.2) is 49.0 Å². The predicted octanol–water partition coefficient (Wildman–Crippen LogP) is 7.77. The summed E-state index contributed by atoms with van der Waals surface area (Å²) >= 11 is 0. The van der Waals surface area contributed by atoms with Crippen LogP contribution in [0.1, 0.15) is 79.9 Å². The summed E-state index contributed by atoms with van der Waals surface area (Å²) in [6.07, 6.45) is 6.82. The highest BCUT2D eigenvalue weighted by molar-refractivity contribution is 5.94. The summed E-state index contributed by atoms with van der Waals surface area (Å²) in [6.45, 7) is 11.3. The molecule has 0 aliphatic carbocycles. The minimum absolute atomic E-state index is 0.0663. The summed E-state index contributed by atoms with van der Waals surface area (Å²) in [5.41, 5.74) is 4.12. The second-order valence-corrected chi connectivity index (χ2v) is 10.5. The molecule has 5 nitrogen and oxygen atoms in total. The Labute approximate surface area is 242 Å². The molecule has 1 amide bonds. The minimum Gasteiger partial charge on any atom is -0.493 e. The molecule has 0 atom stereocenters. The Hall–Kier alpha value is -3.31. The average molecular weight is 545 g/mol. The van der Waals surface area contributed by atoms with Gasteiger partial charge in [-0.25, -0.2) is 0 Å². The molecule has 40 heavy (non-hydrogen) atoms. The molecule has 0 aromatic heterocycles. The molecule has 3 aromatic carbocycles. The van der Waals surface area contributed by atoms with Crippen LogP contribution in [0.4, 0.5) is 0 Å². The van der Waals surface area contributed by atoms with Crippen LogP contribution in [0.2, 0.25) is 0 Å². The average Bonchev–Trinajstić information content (AvgIpc) is 2.99. The van der Waals surface area contributed by atoms with Gasteiger partial charge >= 0.3 is 0 Å². The first-order valence-electron chi connectivity index (χ1n) is 15.0. The number of aryl methyl sites for hydroxylation is 1. The van der Waals surface area contributed by atoms with Crippen molar-refractivity contribution >= 4 is 5.91 Å². The zero-order valence-corrected chi connectivity index (χ0v) is 25.0. The molecule has 216 valence electrons. The fourth-order valence-corrected chi connectivity index (χ4v) is 4.79. The smallest absolute Gasteiger partial charge is 0.254 e. The van der Waals surface area contributed by atoms with E-state index in [0.717, 1.165) is 49.2 Å². The Bertz CT molecular complexity index is 1120. The van der Waals surface area contributed by atoms with Gasteiger partial charge in [0, 0.05) is 25.2 Å². The fraction of sp³-hybridized carbons (Fsp3) is 0.457. The number of ether oxygens (including phenoxy) is 2. The van der Waals surface area contributed by atoms with Gasteiger partial charge in [0.05, 0.1) is 7.11 Å². The highest BCUT2D eigenvalue weighted by Crippen LogP contribution is 2.29. The number of nitrogens with zero attached hydrogens (tertiary/aromatic N) is 2. The van der Waals surface area contributed by atoms with Crippen LogP contribution in [0, 0.1) is 0 Å². The van der Waals surface area contributed by atoms with E-state index >= 15 is 0 Å². The molecule has 0 unspecified atom stereocenters. The molecular formula is C35H48N2O3. The van der Waals surface area contributed by atoms with E-state index in [1.54, 1.807) is 7.11 Å². The third kappa shape index (κ3) is 10.0. The van der Waals surface area contributed by atoms with Crippen molar-refractivity contribution < 1.29 is 14.3 Å².